The van der Waals surface area contributed by atoms with Crippen LogP contribution in [0, 0.1) is 0 Å². The molecule has 1 saturated heterocycles. The number of ether oxygens (including phenoxy) is 1. The SMILES string of the molecule is O=C1Nc2ccccc2C(c2ccccc2)=NC1Nc1nnc(-c2ccc(N3CCOCC3)nc2)o1. The minimum absolute atomic E-state index is 0.0875. The molecule has 0 spiro atoms. The smallest absolute Gasteiger partial charge is 0.317 e. The lowest BCUT2D eigenvalue weighted by Crippen LogP contribution is -2.36. The third kappa shape index (κ3) is 4.41. The fraction of sp³-hybridized carbons (Fsp3) is 0.192. The van der Waals surface area contributed by atoms with Crippen LogP contribution in [0.4, 0.5) is 17.5 Å². The Morgan fingerprint density at radius 2 is 1.72 bits per heavy atom. The maximum absolute atomic E-state index is 13.0. The number of para-hydroxylation sites is 1. The number of benzene rings is 2. The van der Waals surface area contributed by atoms with E-state index in [4.69, 9.17) is 14.1 Å². The Hall–Kier alpha value is -4.57. The Balaban J connectivity index is 1.25. The first-order chi connectivity index (χ1) is 17.7. The van der Waals surface area contributed by atoms with Gasteiger partial charge in [0.15, 0.2) is 0 Å². The maximum Gasteiger partial charge on any atom is 0.317 e. The molecule has 36 heavy (non-hydrogen) atoms. The normalized spacial score (nSPS) is 17.6. The third-order valence-corrected chi connectivity index (χ3v) is 6.01. The van der Waals surface area contributed by atoms with E-state index < -0.39 is 6.17 Å². The Morgan fingerprint density at radius 3 is 2.53 bits per heavy atom. The molecule has 180 valence electrons. The van der Waals surface area contributed by atoms with Gasteiger partial charge in [0.25, 0.3) is 11.8 Å². The van der Waals surface area contributed by atoms with Crippen molar-refractivity contribution >= 4 is 29.1 Å². The lowest BCUT2D eigenvalue weighted by Gasteiger charge is -2.27. The predicted octanol–water partition coefficient (Wildman–Crippen LogP) is 3.20. The van der Waals surface area contributed by atoms with E-state index in [1.165, 1.54) is 0 Å². The number of nitrogens with zero attached hydrogens (tertiary/aromatic N) is 5. The first kappa shape index (κ1) is 21.9. The van der Waals surface area contributed by atoms with E-state index in [9.17, 15) is 4.79 Å². The Morgan fingerprint density at radius 1 is 0.917 bits per heavy atom. The first-order valence-corrected chi connectivity index (χ1v) is 11.7. The third-order valence-electron chi connectivity index (χ3n) is 6.01. The van der Waals surface area contributed by atoms with E-state index in [2.05, 4.69) is 30.7 Å². The summed E-state index contributed by atoms with van der Waals surface area (Å²) in [5, 5.41) is 14.1. The molecule has 0 saturated carbocycles. The standard InChI is InChI=1S/C26H23N7O3/c34-24-23(29-22(17-6-2-1-3-7-17)19-8-4-5-9-20(19)28-24)30-26-32-31-25(36-26)18-10-11-21(27-16-18)33-12-14-35-15-13-33/h1-11,16,23H,12-15H2,(H,28,34)(H,30,32). The maximum atomic E-state index is 13.0. The number of anilines is 3. The molecule has 10 nitrogen and oxygen atoms in total. The van der Waals surface area contributed by atoms with Crippen molar-refractivity contribution in [3.63, 3.8) is 0 Å². The fourth-order valence-corrected chi connectivity index (χ4v) is 4.19. The molecular weight excluding hydrogens is 458 g/mol. The van der Waals surface area contributed by atoms with Gasteiger partial charge in [-0.1, -0.05) is 53.6 Å². The molecule has 4 heterocycles. The van der Waals surface area contributed by atoms with Gasteiger partial charge < -0.3 is 24.7 Å². The molecule has 2 aromatic heterocycles. The number of carbonyl (C=O) groups excluding carboxylic acids is 1. The number of pyridine rings is 1. The van der Waals surface area contributed by atoms with E-state index in [0.29, 0.717) is 36.1 Å². The lowest BCUT2D eigenvalue weighted by atomic mass is 10.0. The number of aliphatic imine (C=N–C) groups is 1. The quantitative estimate of drug-likeness (QED) is 0.446. The zero-order valence-corrected chi connectivity index (χ0v) is 19.3. The van der Waals surface area contributed by atoms with E-state index >= 15 is 0 Å². The Kier molecular flexibility index (Phi) is 5.84. The van der Waals surface area contributed by atoms with Crippen LogP contribution in [0.15, 0.2) is 82.3 Å². The summed E-state index contributed by atoms with van der Waals surface area (Å²) in [6.07, 6.45) is 0.727. The predicted molar refractivity (Wildman–Crippen MR) is 135 cm³/mol. The molecule has 1 unspecified atom stereocenters. The van der Waals surface area contributed by atoms with Gasteiger partial charge >= 0.3 is 6.01 Å². The largest absolute Gasteiger partial charge is 0.403 e. The van der Waals surface area contributed by atoms with Gasteiger partial charge in [0, 0.05) is 30.4 Å². The molecule has 0 aliphatic carbocycles. The van der Waals surface area contributed by atoms with Crippen LogP contribution in [0.2, 0.25) is 0 Å². The van der Waals surface area contributed by atoms with Crippen LogP contribution in [0.1, 0.15) is 11.1 Å². The molecule has 2 aliphatic heterocycles. The van der Waals surface area contributed by atoms with Crippen LogP contribution in [0.3, 0.4) is 0 Å². The van der Waals surface area contributed by atoms with Crippen molar-refractivity contribution in [1.82, 2.24) is 15.2 Å². The molecule has 0 bridgehead atoms. The van der Waals surface area contributed by atoms with Crippen LogP contribution >= 0.6 is 0 Å². The second kappa shape index (κ2) is 9.59. The summed E-state index contributed by atoms with van der Waals surface area (Å²) in [6.45, 7) is 2.99. The van der Waals surface area contributed by atoms with Crippen LogP contribution in [-0.2, 0) is 9.53 Å². The molecule has 10 heteroatoms. The average molecular weight is 482 g/mol. The van der Waals surface area contributed by atoms with Gasteiger partial charge in [-0.3, -0.25) is 4.79 Å². The Labute approximate surface area is 207 Å². The van der Waals surface area contributed by atoms with Gasteiger partial charge in [-0.2, -0.15) is 0 Å². The van der Waals surface area contributed by atoms with Crippen LogP contribution < -0.4 is 15.5 Å². The summed E-state index contributed by atoms with van der Waals surface area (Å²) >= 11 is 0. The molecular formula is C26H23N7O3. The second-order valence-corrected chi connectivity index (χ2v) is 8.34. The molecule has 2 aliphatic rings. The zero-order chi connectivity index (χ0) is 24.3. The number of hydrogen-bond donors (Lipinski definition) is 2. The molecule has 2 aromatic carbocycles. The van der Waals surface area contributed by atoms with Crippen LogP contribution in [0.25, 0.3) is 11.5 Å². The number of fused-ring (bicyclic) bond motifs is 1. The van der Waals surface area contributed by atoms with Crippen LogP contribution in [0.5, 0.6) is 0 Å². The van der Waals surface area contributed by atoms with Crippen molar-refractivity contribution in [2.24, 2.45) is 4.99 Å². The monoisotopic (exact) mass is 481 g/mol. The summed E-state index contributed by atoms with van der Waals surface area (Å²) in [5.41, 5.74) is 3.78. The number of rotatable bonds is 5. The summed E-state index contributed by atoms with van der Waals surface area (Å²) in [5.74, 6) is 0.838. The highest BCUT2D eigenvalue weighted by Gasteiger charge is 2.27. The summed E-state index contributed by atoms with van der Waals surface area (Å²) < 4.78 is 11.2. The van der Waals surface area contributed by atoms with Crippen molar-refractivity contribution in [3.8, 4) is 11.5 Å². The number of carbonyl (C=O) groups is 1. The van der Waals surface area contributed by atoms with Gasteiger partial charge in [-0.05, 0) is 18.2 Å². The number of morpholine rings is 1. The minimum atomic E-state index is -0.970. The number of aromatic nitrogens is 3. The average Bonchev–Trinajstić information content (AvgIpc) is 3.36. The molecule has 6 rings (SSSR count). The van der Waals surface area contributed by atoms with Gasteiger partial charge in [0.1, 0.15) is 5.82 Å². The van der Waals surface area contributed by atoms with E-state index in [0.717, 1.165) is 30.0 Å². The Bertz CT molecular complexity index is 1400. The zero-order valence-electron chi connectivity index (χ0n) is 19.3. The topological polar surface area (TPSA) is 118 Å². The number of nitrogens with one attached hydrogen (secondary N) is 2. The summed E-state index contributed by atoms with van der Waals surface area (Å²) in [6, 6.07) is 21.2. The molecule has 0 radical (unpaired) electrons. The molecule has 4 aromatic rings. The molecule has 1 amide bonds. The van der Waals surface area contributed by atoms with E-state index in [1.807, 2.05) is 66.7 Å². The highest BCUT2D eigenvalue weighted by atomic mass is 16.5. The van der Waals surface area contributed by atoms with Gasteiger partial charge in [0.2, 0.25) is 6.17 Å². The van der Waals surface area contributed by atoms with Crippen molar-refractivity contribution in [1.29, 1.82) is 0 Å². The van der Waals surface area contributed by atoms with Crippen molar-refractivity contribution < 1.29 is 13.9 Å². The van der Waals surface area contributed by atoms with Gasteiger partial charge in [-0.25, -0.2) is 9.98 Å². The fourth-order valence-electron chi connectivity index (χ4n) is 4.19. The van der Waals surface area contributed by atoms with Crippen LogP contribution in [-0.4, -0.2) is 59.3 Å². The van der Waals surface area contributed by atoms with Gasteiger partial charge in [0.05, 0.1) is 30.2 Å². The van der Waals surface area contributed by atoms with Crippen molar-refractivity contribution in [2.75, 3.05) is 41.8 Å². The van der Waals surface area contributed by atoms with E-state index in [-0.39, 0.29) is 11.9 Å². The van der Waals surface area contributed by atoms with Crippen molar-refractivity contribution in [2.45, 2.75) is 6.17 Å². The molecule has 1 fully saturated rings. The molecule has 1 atom stereocenters. The minimum Gasteiger partial charge on any atom is -0.403 e. The second-order valence-electron chi connectivity index (χ2n) is 8.34. The number of amides is 1. The van der Waals surface area contributed by atoms with Crippen molar-refractivity contribution in [3.05, 3.63) is 84.1 Å². The van der Waals surface area contributed by atoms with E-state index in [1.54, 1.807) is 6.20 Å². The summed E-state index contributed by atoms with van der Waals surface area (Å²) in [4.78, 5) is 24.5. The molecule has 2 N–H and O–H groups in total. The highest BCUT2D eigenvalue weighted by Crippen LogP contribution is 2.26. The highest BCUT2D eigenvalue weighted by molar-refractivity contribution is 6.19. The number of hydrogen-bond acceptors (Lipinski definition) is 9. The lowest BCUT2D eigenvalue weighted by molar-refractivity contribution is -0.116. The summed E-state index contributed by atoms with van der Waals surface area (Å²) in [7, 11) is 0. The van der Waals surface area contributed by atoms with Gasteiger partial charge in [-0.15, -0.1) is 5.10 Å². The first-order valence-electron chi connectivity index (χ1n) is 11.7. The number of benzodiazepines with no additional fused rings is 1.